The fourth-order valence-electron chi connectivity index (χ4n) is 1.82. The minimum atomic E-state index is -0.568. The second kappa shape index (κ2) is 6.45. The van der Waals surface area contributed by atoms with E-state index in [1.165, 1.54) is 0 Å². The van der Waals surface area contributed by atoms with Gasteiger partial charge in [0.05, 0.1) is 6.04 Å². The lowest BCUT2D eigenvalue weighted by Gasteiger charge is -2.20. The largest absolute Gasteiger partial charge is 0.348 e. The highest BCUT2D eigenvalue weighted by Gasteiger charge is 2.18. The molecule has 0 spiro atoms. The van der Waals surface area contributed by atoms with Crippen LogP contribution in [0.4, 0.5) is 4.79 Å². The predicted molar refractivity (Wildman–Crippen MR) is 76.8 cm³/mol. The standard InChI is InChI=1S/C14H12Cl2N2O/c15-18(16)14(19)17-13(11-7-3-1-4-8-11)12-9-5-2-6-10-12/h1-10,13H,(H,17,19). The van der Waals surface area contributed by atoms with Gasteiger partial charge >= 0.3 is 6.03 Å². The van der Waals surface area contributed by atoms with Crippen molar-refractivity contribution in [2.75, 3.05) is 0 Å². The van der Waals surface area contributed by atoms with E-state index in [0.29, 0.717) is 3.94 Å². The molecule has 19 heavy (non-hydrogen) atoms. The third-order valence-corrected chi connectivity index (χ3v) is 2.99. The fraction of sp³-hybridized carbons (Fsp3) is 0.0714. The smallest absolute Gasteiger partial charge is 0.325 e. The Kier molecular flexibility index (Phi) is 4.66. The van der Waals surface area contributed by atoms with E-state index in [4.69, 9.17) is 23.6 Å². The van der Waals surface area contributed by atoms with E-state index in [0.717, 1.165) is 11.1 Å². The first kappa shape index (κ1) is 13.7. The van der Waals surface area contributed by atoms with Crippen LogP contribution >= 0.6 is 23.6 Å². The molecule has 5 heteroatoms. The molecule has 2 amide bonds. The SMILES string of the molecule is O=C(NC(c1ccccc1)c1ccccc1)N(Cl)Cl. The molecule has 0 aliphatic heterocycles. The van der Waals surface area contributed by atoms with Crippen LogP contribution in [0.15, 0.2) is 60.7 Å². The summed E-state index contributed by atoms with van der Waals surface area (Å²) in [5.74, 6) is 0. The molecule has 1 N–H and O–H groups in total. The van der Waals surface area contributed by atoms with Crippen LogP contribution in [0.2, 0.25) is 0 Å². The molecule has 0 aromatic heterocycles. The molecular weight excluding hydrogens is 283 g/mol. The summed E-state index contributed by atoms with van der Waals surface area (Å²) in [6.07, 6.45) is 0. The molecule has 0 unspecified atom stereocenters. The van der Waals surface area contributed by atoms with Gasteiger partial charge in [-0.25, -0.2) is 4.79 Å². The molecular formula is C14H12Cl2N2O. The highest BCUT2D eigenvalue weighted by molar-refractivity contribution is 6.41. The number of urea groups is 1. The fourth-order valence-corrected chi connectivity index (χ4v) is 1.92. The zero-order valence-electron chi connectivity index (χ0n) is 9.96. The molecule has 0 fully saturated rings. The lowest BCUT2D eigenvalue weighted by atomic mass is 9.99. The molecule has 0 atom stereocenters. The quantitative estimate of drug-likeness (QED) is 0.850. The maximum absolute atomic E-state index is 11.7. The molecule has 0 saturated heterocycles. The summed E-state index contributed by atoms with van der Waals surface area (Å²) in [7, 11) is 0. The number of hydrogen-bond donors (Lipinski definition) is 1. The summed E-state index contributed by atoms with van der Waals surface area (Å²) in [6, 6.07) is 18.4. The number of nitrogens with one attached hydrogen (secondary N) is 1. The maximum atomic E-state index is 11.7. The van der Waals surface area contributed by atoms with Crippen molar-refractivity contribution in [1.29, 1.82) is 0 Å². The lowest BCUT2D eigenvalue weighted by Crippen LogP contribution is -2.33. The van der Waals surface area contributed by atoms with Crippen molar-refractivity contribution in [2.45, 2.75) is 6.04 Å². The van der Waals surface area contributed by atoms with E-state index in [1.54, 1.807) is 0 Å². The first-order valence-electron chi connectivity index (χ1n) is 5.70. The van der Waals surface area contributed by atoms with Crippen LogP contribution in [0.25, 0.3) is 0 Å². The number of amides is 2. The molecule has 98 valence electrons. The van der Waals surface area contributed by atoms with Crippen LogP contribution in [-0.2, 0) is 0 Å². The van der Waals surface area contributed by atoms with E-state index in [9.17, 15) is 4.79 Å². The Morgan fingerprint density at radius 1 is 0.895 bits per heavy atom. The van der Waals surface area contributed by atoms with Gasteiger partial charge in [0, 0.05) is 23.6 Å². The first-order chi connectivity index (χ1) is 9.18. The van der Waals surface area contributed by atoms with Crippen molar-refractivity contribution in [3.63, 3.8) is 0 Å². The summed E-state index contributed by atoms with van der Waals surface area (Å²) in [5.41, 5.74) is 1.91. The highest BCUT2D eigenvalue weighted by Crippen LogP contribution is 2.22. The van der Waals surface area contributed by atoms with E-state index in [1.807, 2.05) is 60.7 Å². The number of nitrogens with zero attached hydrogens (tertiary/aromatic N) is 1. The Morgan fingerprint density at radius 3 is 1.68 bits per heavy atom. The van der Waals surface area contributed by atoms with Crippen molar-refractivity contribution >= 4 is 29.6 Å². The topological polar surface area (TPSA) is 32.3 Å². The Morgan fingerprint density at radius 2 is 1.32 bits per heavy atom. The Labute approximate surface area is 122 Å². The van der Waals surface area contributed by atoms with Crippen molar-refractivity contribution in [1.82, 2.24) is 9.25 Å². The molecule has 0 saturated carbocycles. The molecule has 0 aliphatic rings. The predicted octanol–water partition coefficient (Wildman–Crippen LogP) is 4.10. The molecule has 0 radical (unpaired) electrons. The minimum absolute atomic E-state index is 0.296. The van der Waals surface area contributed by atoms with Gasteiger partial charge in [-0.15, -0.1) is 3.94 Å². The molecule has 2 aromatic carbocycles. The van der Waals surface area contributed by atoms with Crippen LogP contribution < -0.4 is 5.32 Å². The number of halogens is 2. The van der Waals surface area contributed by atoms with Gasteiger partial charge in [0.25, 0.3) is 0 Å². The van der Waals surface area contributed by atoms with Crippen molar-refractivity contribution < 1.29 is 4.79 Å². The van der Waals surface area contributed by atoms with E-state index in [2.05, 4.69) is 5.32 Å². The van der Waals surface area contributed by atoms with Crippen LogP contribution in [0.5, 0.6) is 0 Å². The molecule has 3 nitrogen and oxygen atoms in total. The van der Waals surface area contributed by atoms with E-state index in [-0.39, 0.29) is 6.04 Å². The average molecular weight is 295 g/mol. The normalized spacial score (nSPS) is 10.3. The Bertz CT molecular complexity index is 492. The number of carbonyl (C=O) groups excluding carboxylic acids is 1. The Balaban J connectivity index is 2.32. The van der Waals surface area contributed by atoms with Crippen LogP contribution in [0, 0.1) is 0 Å². The molecule has 0 heterocycles. The van der Waals surface area contributed by atoms with Crippen molar-refractivity contribution in [3.05, 3.63) is 71.8 Å². The third-order valence-electron chi connectivity index (χ3n) is 2.69. The van der Waals surface area contributed by atoms with Crippen LogP contribution in [0.1, 0.15) is 17.2 Å². The Hall–Kier alpha value is -1.71. The number of rotatable bonds is 3. The van der Waals surface area contributed by atoms with Crippen molar-refractivity contribution in [3.8, 4) is 0 Å². The monoisotopic (exact) mass is 294 g/mol. The second-order valence-corrected chi connectivity index (χ2v) is 4.79. The van der Waals surface area contributed by atoms with E-state index >= 15 is 0 Å². The molecule has 0 aliphatic carbocycles. The highest BCUT2D eigenvalue weighted by atomic mass is 35.5. The van der Waals surface area contributed by atoms with Gasteiger partial charge in [0.1, 0.15) is 0 Å². The average Bonchev–Trinajstić information content (AvgIpc) is 2.46. The molecule has 0 bridgehead atoms. The van der Waals surface area contributed by atoms with Gasteiger partial charge in [-0.2, -0.15) is 0 Å². The molecule has 2 rings (SSSR count). The van der Waals surface area contributed by atoms with E-state index < -0.39 is 6.03 Å². The number of carbonyl (C=O) groups is 1. The maximum Gasteiger partial charge on any atom is 0.348 e. The summed E-state index contributed by atoms with van der Waals surface area (Å²) in [4.78, 5) is 11.7. The first-order valence-corrected chi connectivity index (χ1v) is 6.38. The third kappa shape index (κ3) is 3.63. The summed E-state index contributed by atoms with van der Waals surface area (Å²) < 4.78 is 0.485. The number of hydrogen-bond acceptors (Lipinski definition) is 1. The summed E-state index contributed by atoms with van der Waals surface area (Å²) in [6.45, 7) is 0. The zero-order valence-corrected chi connectivity index (χ0v) is 11.5. The zero-order chi connectivity index (χ0) is 13.7. The lowest BCUT2D eigenvalue weighted by molar-refractivity contribution is 0.234. The van der Waals surface area contributed by atoms with Crippen LogP contribution in [-0.4, -0.2) is 9.97 Å². The van der Waals surface area contributed by atoms with Gasteiger partial charge in [0.15, 0.2) is 0 Å². The summed E-state index contributed by atoms with van der Waals surface area (Å²) >= 11 is 10.9. The molecule has 2 aromatic rings. The van der Waals surface area contributed by atoms with Gasteiger partial charge in [-0.05, 0) is 11.1 Å². The second-order valence-electron chi connectivity index (χ2n) is 3.94. The van der Waals surface area contributed by atoms with Gasteiger partial charge in [-0.1, -0.05) is 60.7 Å². The van der Waals surface area contributed by atoms with Crippen molar-refractivity contribution in [2.24, 2.45) is 0 Å². The van der Waals surface area contributed by atoms with Gasteiger partial charge in [0.2, 0.25) is 0 Å². The minimum Gasteiger partial charge on any atom is -0.325 e. The summed E-state index contributed by atoms with van der Waals surface area (Å²) in [5, 5.41) is 2.77. The van der Waals surface area contributed by atoms with Gasteiger partial charge < -0.3 is 5.32 Å². The number of benzene rings is 2. The van der Waals surface area contributed by atoms with Gasteiger partial charge in [-0.3, -0.25) is 0 Å². The van der Waals surface area contributed by atoms with Crippen LogP contribution in [0.3, 0.4) is 0 Å².